The number of ketones is 1. The minimum atomic E-state index is -0.646. The number of Topliss-reactive ketones (excluding diaryl/α,β-unsaturated/α-hetero) is 1. The number of carbonyl (C=O) groups excluding carboxylic acids is 2. The van der Waals surface area contributed by atoms with E-state index in [1.807, 2.05) is 73.7 Å². The molecule has 3 aromatic rings. The van der Waals surface area contributed by atoms with Gasteiger partial charge in [0.25, 0.3) is 0 Å². The number of esters is 1. The third kappa shape index (κ3) is 4.27. The summed E-state index contributed by atoms with van der Waals surface area (Å²) in [6.45, 7) is 1.99. The summed E-state index contributed by atoms with van der Waals surface area (Å²) >= 11 is 6.09. The maximum atomic E-state index is 13.8. The average Bonchev–Trinajstić information content (AvgIpc) is 3.20. The van der Waals surface area contributed by atoms with Crippen LogP contribution in [0.2, 0.25) is 5.02 Å². The Hall–Kier alpha value is -2.95. The largest absolute Gasteiger partial charge is 0.468 e. The number of hydrogen-bond acceptors (Lipinski definition) is 4. The molecule has 158 valence electrons. The smallest absolute Gasteiger partial charge is 0.323 e. The molecule has 1 saturated heterocycles. The highest BCUT2D eigenvalue weighted by Gasteiger charge is 2.51. The van der Waals surface area contributed by atoms with Gasteiger partial charge >= 0.3 is 5.97 Å². The molecule has 4 nitrogen and oxygen atoms in total. The molecule has 0 unspecified atom stereocenters. The van der Waals surface area contributed by atoms with Gasteiger partial charge in [0.1, 0.15) is 6.04 Å². The quantitative estimate of drug-likeness (QED) is 0.448. The number of nitrogens with one attached hydrogen (secondary N) is 1. The standard InChI is InChI=1S/C26H24ClNO3/c1-16-8-10-19(11-9-16)25(29)22-21(17-6-4-3-5-7-17)24(26(30)31-2)28-23(22)18-12-14-20(27)15-13-18/h3-15,21-24,28H,1-2H3/t21-,22-,23-,24-/m0/s1. The summed E-state index contributed by atoms with van der Waals surface area (Å²) in [5, 5.41) is 4.02. The number of carbonyl (C=O) groups is 2. The molecule has 1 aliphatic rings. The molecule has 0 aliphatic carbocycles. The fourth-order valence-electron chi connectivity index (χ4n) is 4.43. The van der Waals surface area contributed by atoms with E-state index in [1.165, 1.54) is 7.11 Å². The zero-order valence-electron chi connectivity index (χ0n) is 17.4. The highest BCUT2D eigenvalue weighted by Crippen LogP contribution is 2.45. The van der Waals surface area contributed by atoms with Crippen molar-refractivity contribution in [1.82, 2.24) is 5.32 Å². The Balaban J connectivity index is 1.85. The SMILES string of the molecule is COC(=O)[C@H]1N[C@@H](c2ccc(Cl)cc2)[C@@H](C(=O)c2ccc(C)cc2)[C@@H]1c1ccccc1. The van der Waals surface area contributed by atoms with Crippen molar-refractivity contribution in [3.63, 3.8) is 0 Å². The lowest BCUT2D eigenvalue weighted by molar-refractivity contribution is -0.143. The molecule has 1 fully saturated rings. The summed E-state index contributed by atoms with van der Waals surface area (Å²) in [6.07, 6.45) is 0. The summed E-state index contributed by atoms with van der Waals surface area (Å²) < 4.78 is 5.10. The van der Waals surface area contributed by atoms with Crippen molar-refractivity contribution < 1.29 is 14.3 Å². The molecular formula is C26H24ClNO3. The van der Waals surface area contributed by atoms with E-state index in [2.05, 4.69) is 5.32 Å². The van der Waals surface area contributed by atoms with Crippen molar-refractivity contribution in [1.29, 1.82) is 0 Å². The Kier molecular flexibility index (Phi) is 6.21. The Morgan fingerprint density at radius 1 is 0.871 bits per heavy atom. The third-order valence-electron chi connectivity index (χ3n) is 5.97. The van der Waals surface area contributed by atoms with Crippen LogP contribution < -0.4 is 5.32 Å². The van der Waals surface area contributed by atoms with Gasteiger partial charge in [0.15, 0.2) is 5.78 Å². The number of methoxy groups -OCH3 is 1. The van der Waals surface area contributed by atoms with Crippen molar-refractivity contribution in [2.24, 2.45) is 5.92 Å². The van der Waals surface area contributed by atoms with Crippen LogP contribution in [0.15, 0.2) is 78.9 Å². The topological polar surface area (TPSA) is 55.4 Å². The second-order valence-electron chi connectivity index (χ2n) is 7.89. The molecular weight excluding hydrogens is 410 g/mol. The molecule has 0 spiro atoms. The molecule has 5 heteroatoms. The number of ether oxygens (including phenoxy) is 1. The average molecular weight is 434 g/mol. The lowest BCUT2D eigenvalue weighted by Gasteiger charge is -2.25. The molecule has 4 atom stereocenters. The number of rotatable bonds is 5. The van der Waals surface area contributed by atoms with E-state index in [1.54, 1.807) is 12.1 Å². The maximum absolute atomic E-state index is 13.8. The van der Waals surface area contributed by atoms with Crippen molar-refractivity contribution in [3.8, 4) is 0 Å². The van der Waals surface area contributed by atoms with E-state index in [4.69, 9.17) is 16.3 Å². The molecule has 1 N–H and O–H groups in total. The molecule has 4 rings (SSSR count). The monoisotopic (exact) mass is 433 g/mol. The van der Waals surface area contributed by atoms with Gasteiger partial charge in [-0.3, -0.25) is 14.9 Å². The molecule has 0 saturated carbocycles. The Labute approximate surface area is 187 Å². The first kappa shape index (κ1) is 21.3. The molecule has 0 amide bonds. The molecule has 1 heterocycles. The Morgan fingerprint density at radius 3 is 2.13 bits per heavy atom. The van der Waals surface area contributed by atoms with E-state index in [9.17, 15) is 9.59 Å². The summed E-state index contributed by atoms with van der Waals surface area (Å²) in [4.78, 5) is 26.6. The normalized spacial score (nSPS) is 22.8. The zero-order chi connectivity index (χ0) is 22.0. The van der Waals surface area contributed by atoms with Gasteiger partial charge < -0.3 is 4.74 Å². The van der Waals surface area contributed by atoms with Crippen molar-refractivity contribution in [2.45, 2.75) is 24.9 Å². The van der Waals surface area contributed by atoms with E-state index >= 15 is 0 Å². The van der Waals surface area contributed by atoms with Crippen LogP contribution in [-0.4, -0.2) is 24.9 Å². The summed E-state index contributed by atoms with van der Waals surface area (Å²) in [5.41, 5.74) is 3.54. The number of hydrogen-bond donors (Lipinski definition) is 1. The first-order valence-corrected chi connectivity index (χ1v) is 10.6. The Bertz CT molecular complexity index is 1060. The minimum absolute atomic E-state index is 0.00675. The van der Waals surface area contributed by atoms with Crippen molar-refractivity contribution >= 4 is 23.4 Å². The van der Waals surface area contributed by atoms with Crippen LogP contribution in [0.25, 0.3) is 0 Å². The predicted molar refractivity (Wildman–Crippen MR) is 121 cm³/mol. The van der Waals surface area contributed by atoms with Gasteiger partial charge in [-0.05, 0) is 30.2 Å². The molecule has 3 aromatic carbocycles. The van der Waals surface area contributed by atoms with Crippen molar-refractivity contribution in [2.75, 3.05) is 7.11 Å². The highest BCUT2D eigenvalue weighted by atomic mass is 35.5. The second-order valence-corrected chi connectivity index (χ2v) is 8.33. The fourth-order valence-corrected chi connectivity index (χ4v) is 4.56. The summed E-state index contributed by atoms with van der Waals surface area (Å²) in [6, 6.07) is 23.7. The number of benzene rings is 3. The number of aryl methyl sites for hydroxylation is 1. The zero-order valence-corrected chi connectivity index (χ0v) is 18.2. The van der Waals surface area contributed by atoms with E-state index < -0.39 is 12.0 Å². The first-order chi connectivity index (χ1) is 15.0. The number of halogens is 1. The van der Waals surface area contributed by atoms with Crippen LogP contribution in [0.4, 0.5) is 0 Å². The van der Waals surface area contributed by atoms with Gasteiger partial charge in [-0.25, -0.2) is 0 Å². The molecule has 31 heavy (non-hydrogen) atoms. The predicted octanol–water partition coefficient (Wildman–Crippen LogP) is 5.12. The molecule has 0 aromatic heterocycles. The lowest BCUT2D eigenvalue weighted by atomic mass is 9.76. The molecule has 0 radical (unpaired) electrons. The highest BCUT2D eigenvalue weighted by molar-refractivity contribution is 6.30. The van der Waals surface area contributed by atoms with Crippen LogP contribution in [0, 0.1) is 12.8 Å². The third-order valence-corrected chi connectivity index (χ3v) is 6.22. The molecule has 1 aliphatic heterocycles. The van der Waals surface area contributed by atoms with E-state index in [-0.39, 0.29) is 23.7 Å². The van der Waals surface area contributed by atoms with Gasteiger partial charge in [-0.2, -0.15) is 0 Å². The first-order valence-electron chi connectivity index (χ1n) is 10.2. The fraction of sp³-hybridized carbons (Fsp3) is 0.231. The van der Waals surface area contributed by atoms with Gasteiger partial charge in [0.05, 0.1) is 13.0 Å². The minimum Gasteiger partial charge on any atom is -0.468 e. The van der Waals surface area contributed by atoms with Gasteiger partial charge in [-0.15, -0.1) is 0 Å². The maximum Gasteiger partial charge on any atom is 0.323 e. The van der Waals surface area contributed by atoms with Gasteiger partial charge in [-0.1, -0.05) is 83.9 Å². The Morgan fingerprint density at radius 2 is 1.52 bits per heavy atom. The van der Waals surface area contributed by atoms with Crippen LogP contribution >= 0.6 is 11.6 Å². The van der Waals surface area contributed by atoms with Gasteiger partial charge in [0, 0.05) is 22.5 Å². The lowest BCUT2D eigenvalue weighted by Crippen LogP contribution is -2.36. The van der Waals surface area contributed by atoms with Gasteiger partial charge in [0.2, 0.25) is 0 Å². The van der Waals surface area contributed by atoms with E-state index in [0.717, 1.165) is 16.7 Å². The molecule has 0 bridgehead atoms. The second kappa shape index (κ2) is 9.04. The van der Waals surface area contributed by atoms with Crippen LogP contribution in [0.1, 0.15) is 39.0 Å². The van der Waals surface area contributed by atoms with Crippen LogP contribution in [0.5, 0.6) is 0 Å². The summed E-state index contributed by atoms with van der Waals surface area (Å²) in [7, 11) is 1.37. The van der Waals surface area contributed by atoms with Crippen LogP contribution in [0.3, 0.4) is 0 Å². The van der Waals surface area contributed by atoms with Crippen LogP contribution in [-0.2, 0) is 9.53 Å². The summed E-state index contributed by atoms with van der Waals surface area (Å²) in [5.74, 6) is -1.25. The van der Waals surface area contributed by atoms with E-state index in [0.29, 0.717) is 10.6 Å². The van der Waals surface area contributed by atoms with Crippen molar-refractivity contribution in [3.05, 3.63) is 106 Å².